The molecule has 0 radical (unpaired) electrons. The number of carboxylic acid groups (broad SMARTS) is 1. The standard InChI is InChI=1S/C14H21NO4/c1-3-4-8-19-13-10(9-11(15)14(16)17)6-5-7-12(13)18-2/h5-7,11H,3-4,8-9,15H2,1-2H3,(H,16,17)/t11-/m0/s1. The van der Waals surface area contributed by atoms with E-state index < -0.39 is 12.0 Å². The van der Waals surface area contributed by atoms with Crippen molar-refractivity contribution in [3.63, 3.8) is 0 Å². The molecule has 5 nitrogen and oxygen atoms in total. The van der Waals surface area contributed by atoms with Gasteiger partial charge in [-0.3, -0.25) is 4.79 Å². The Balaban J connectivity index is 2.91. The molecule has 1 aromatic carbocycles. The minimum atomic E-state index is -1.03. The van der Waals surface area contributed by atoms with Gasteiger partial charge in [-0.2, -0.15) is 0 Å². The van der Waals surface area contributed by atoms with Crippen LogP contribution in [0.5, 0.6) is 11.5 Å². The van der Waals surface area contributed by atoms with E-state index in [2.05, 4.69) is 6.92 Å². The van der Waals surface area contributed by atoms with Crippen molar-refractivity contribution in [3.05, 3.63) is 23.8 Å². The first-order chi connectivity index (χ1) is 9.10. The van der Waals surface area contributed by atoms with Gasteiger partial charge in [0.25, 0.3) is 0 Å². The predicted octanol–water partition coefficient (Wildman–Crippen LogP) is 1.83. The van der Waals surface area contributed by atoms with Crippen molar-refractivity contribution in [1.29, 1.82) is 0 Å². The van der Waals surface area contributed by atoms with Gasteiger partial charge in [-0.1, -0.05) is 25.5 Å². The van der Waals surface area contributed by atoms with E-state index in [1.165, 1.54) is 0 Å². The van der Waals surface area contributed by atoms with Crippen LogP contribution in [0.2, 0.25) is 0 Å². The van der Waals surface area contributed by atoms with Crippen LogP contribution < -0.4 is 15.2 Å². The van der Waals surface area contributed by atoms with Crippen molar-refractivity contribution in [3.8, 4) is 11.5 Å². The summed E-state index contributed by atoms with van der Waals surface area (Å²) in [5.41, 5.74) is 6.32. The van der Waals surface area contributed by atoms with Crippen LogP contribution >= 0.6 is 0 Å². The zero-order valence-corrected chi connectivity index (χ0v) is 11.4. The maximum atomic E-state index is 10.8. The average Bonchev–Trinajstić information content (AvgIpc) is 2.40. The molecule has 0 spiro atoms. The lowest BCUT2D eigenvalue weighted by Crippen LogP contribution is -2.32. The fourth-order valence-corrected chi connectivity index (χ4v) is 1.69. The van der Waals surface area contributed by atoms with Gasteiger partial charge in [0.05, 0.1) is 13.7 Å². The highest BCUT2D eigenvalue weighted by Gasteiger charge is 2.17. The van der Waals surface area contributed by atoms with Gasteiger partial charge in [0, 0.05) is 12.0 Å². The molecule has 5 heteroatoms. The zero-order chi connectivity index (χ0) is 14.3. The molecular formula is C14H21NO4. The van der Waals surface area contributed by atoms with E-state index in [0.29, 0.717) is 18.1 Å². The number of benzene rings is 1. The largest absolute Gasteiger partial charge is 0.493 e. The third-order valence-corrected chi connectivity index (χ3v) is 2.78. The zero-order valence-electron chi connectivity index (χ0n) is 11.4. The Morgan fingerprint density at radius 2 is 2.21 bits per heavy atom. The third-order valence-electron chi connectivity index (χ3n) is 2.78. The molecule has 0 aromatic heterocycles. The number of aliphatic carboxylic acids is 1. The second-order valence-corrected chi connectivity index (χ2v) is 4.30. The Labute approximate surface area is 113 Å². The fourth-order valence-electron chi connectivity index (χ4n) is 1.69. The SMILES string of the molecule is CCCCOc1c(C[C@H](N)C(=O)O)cccc1OC. The molecule has 1 aromatic rings. The number of carboxylic acids is 1. The fraction of sp³-hybridized carbons (Fsp3) is 0.500. The van der Waals surface area contributed by atoms with Crippen LogP contribution in [0.15, 0.2) is 18.2 Å². The van der Waals surface area contributed by atoms with Crippen LogP contribution in [-0.2, 0) is 11.2 Å². The smallest absolute Gasteiger partial charge is 0.320 e. The predicted molar refractivity (Wildman–Crippen MR) is 72.7 cm³/mol. The molecule has 0 aliphatic heterocycles. The number of unbranched alkanes of at least 4 members (excludes halogenated alkanes) is 1. The topological polar surface area (TPSA) is 81.8 Å². The van der Waals surface area contributed by atoms with Crippen LogP contribution in [0.1, 0.15) is 25.3 Å². The van der Waals surface area contributed by atoms with Gasteiger partial charge in [0.1, 0.15) is 6.04 Å². The summed E-state index contributed by atoms with van der Waals surface area (Å²) in [6.45, 7) is 2.65. The number of rotatable bonds is 8. The normalized spacial score (nSPS) is 11.9. The van der Waals surface area contributed by atoms with Crippen molar-refractivity contribution in [2.24, 2.45) is 5.73 Å². The summed E-state index contributed by atoms with van der Waals surface area (Å²) in [4.78, 5) is 10.8. The summed E-state index contributed by atoms with van der Waals surface area (Å²) in [5.74, 6) is 0.170. The van der Waals surface area contributed by atoms with Crippen molar-refractivity contribution in [2.45, 2.75) is 32.2 Å². The Hall–Kier alpha value is -1.75. The summed E-state index contributed by atoms with van der Waals surface area (Å²) in [6.07, 6.45) is 2.18. The summed E-state index contributed by atoms with van der Waals surface area (Å²) < 4.78 is 11.0. The van der Waals surface area contributed by atoms with Gasteiger partial charge < -0.3 is 20.3 Å². The average molecular weight is 267 g/mol. The molecule has 1 rings (SSSR count). The van der Waals surface area contributed by atoms with Gasteiger partial charge in [0.15, 0.2) is 11.5 Å². The molecule has 0 heterocycles. The Morgan fingerprint density at radius 1 is 1.47 bits per heavy atom. The van der Waals surface area contributed by atoms with E-state index in [1.807, 2.05) is 6.07 Å². The summed E-state index contributed by atoms with van der Waals surface area (Å²) >= 11 is 0. The second kappa shape index (κ2) is 7.63. The number of nitrogens with two attached hydrogens (primary N) is 1. The van der Waals surface area contributed by atoms with E-state index in [1.54, 1.807) is 19.2 Å². The summed E-state index contributed by atoms with van der Waals surface area (Å²) in [6, 6.07) is 4.46. The van der Waals surface area contributed by atoms with Crippen LogP contribution in [-0.4, -0.2) is 30.8 Å². The van der Waals surface area contributed by atoms with E-state index in [9.17, 15) is 4.79 Å². The van der Waals surface area contributed by atoms with Crippen molar-refractivity contribution < 1.29 is 19.4 Å². The molecule has 106 valence electrons. The maximum absolute atomic E-state index is 10.8. The number of hydrogen-bond donors (Lipinski definition) is 2. The van der Waals surface area contributed by atoms with Crippen molar-refractivity contribution in [1.82, 2.24) is 0 Å². The van der Waals surface area contributed by atoms with E-state index in [0.717, 1.165) is 18.4 Å². The molecule has 1 atom stereocenters. The highest BCUT2D eigenvalue weighted by atomic mass is 16.5. The molecule has 0 aliphatic rings. The number of hydrogen-bond acceptors (Lipinski definition) is 4. The Kier molecular flexibility index (Phi) is 6.15. The van der Waals surface area contributed by atoms with Crippen molar-refractivity contribution in [2.75, 3.05) is 13.7 Å². The molecule has 0 unspecified atom stereocenters. The second-order valence-electron chi connectivity index (χ2n) is 4.30. The third kappa shape index (κ3) is 4.44. The number of para-hydroxylation sites is 1. The van der Waals surface area contributed by atoms with Crippen LogP contribution in [0.3, 0.4) is 0 Å². The lowest BCUT2D eigenvalue weighted by molar-refractivity contribution is -0.138. The van der Waals surface area contributed by atoms with Gasteiger partial charge in [-0.15, -0.1) is 0 Å². The van der Waals surface area contributed by atoms with Gasteiger partial charge >= 0.3 is 5.97 Å². The Morgan fingerprint density at radius 3 is 2.79 bits per heavy atom. The molecule has 19 heavy (non-hydrogen) atoms. The van der Waals surface area contributed by atoms with Crippen LogP contribution in [0, 0.1) is 0 Å². The molecular weight excluding hydrogens is 246 g/mol. The van der Waals surface area contributed by atoms with Crippen LogP contribution in [0.4, 0.5) is 0 Å². The molecule has 0 amide bonds. The lowest BCUT2D eigenvalue weighted by atomic mass is 10.0. The highest BCUT2D eigenvalue weighted by molar-refractivity contribution is 5.73. The summed E-state index contributed by atoms with van der Waals surface area (Å²) in [5, 5.41) is 8.88. The van der Waals surface area contributed by atoms with Gasteiger partial charge in [-0.25, -0.2) is 0 Å². The lowest BCUT2D eigenvalue weighted by Gasteiger charge is -2.16. The first-order valence-corrected chi connectivity index (χ1v) is 6.37. The molecule has 0 saturated carbocycles. The monoisotopic (exact) mass is 267 g/mol. The van der Waals surface area contributed by atoms with E-state index >= 15 is 0 Å². The number of methoxy groups -OCH3 is 1. The number of ether oxygens (including phenoxy) is 2. The summed E-state index contributed by atoms with van der Waals surface area (Å²) in [7, 11) is 1.56. The van der Waals surface area contributed by atoms with Gasteiger partial charge in [-0.05, 0) is 12.5 Å². The highest BCUT2D eigenvalue weighted by Crippen LogP contribution is 2.32. The van der Waals surface area contributed by atoms with E-state index in [4.69, 9.17) is 20.3 Å². The van der Waals surface area contributed by atoms with Gasteiger partial charge in [0.2, 0.25) is 0 Å². The molecule has 0 aliphatic carbocycles. The molecule has 0 bridgehead atoms. The van der Waals surface area contributed by atoms with Crippen LogP contribution in [0.25, 0.3) is 0 Å². The maximum Gasteiger partial charge on any atom is 0.320 e. The molecule has 0 saturated heterocycles. The van der Waals surface area contributed by atoms with E-state index in [-0.39, 0.29) is 6.42 Å². The molecule has 3 N–H and O–H groups in total. The van der Waals surface area contributed by atoms with Crippen molar-refractivity contribution >= 4 is 5.97 Å². The minimum Gasteiger partial charge on any atom is -0.493 e. The first kappa shape index (κ1) is 15.3. The quantitative estimate of drug-likeness (QED) is 0.702. The molecule has 0 fully saturated rings. The first-order valence-electron chi connectivity index (χ1n) is 6.37. The Bertz CT molecular complexity index is 420. The number of carbonyl (C=O) groups is 1. The minimum absolute atomic E-state index is 0.216.